The summed E-state index contributed by atoms with van der Waals surface area (Å²) in [5.74, 6) is 0.512. The third kappa shape index (κ3) is 2.96. The van der Waals surface area contributed by atoms with Crippen molar-refractivity contribution in [2.75, 3.05) is 6.61 Å². The molecule has 1 heterocycles. The van der Waals surface area contributed by atoms with Gasteiger partial charge in [-0.15, -0.1) is 0 Å². The number of rotatable bonds is 3. The van der Waals surface area contributed by atoms with Crippen molar-refractivity contribution in [2.24, 2.45) is 5.92 Å². The molecule has 5 heteroatoms. The summed E-state index contributed by atoms with van der Waals surface area (Å²) in [5, 5.41) is 3.54. The van der Waals surface area contributed by atoms with Crippen molar-refractivity contribution in [3.8, 4) is 0 Å². The number of carbonyl (C=O) groups is 1. The summed E-state index contributed by atoms with van der Waals surface area (Å²) in [7, 11) is 0. The number of amides is 1. The Bertz CT molecular complexity index is 504. The minimum atomic E-state index is -0.118. The average molecular weight is 345 g/mol. The number of hydrogen-bond acceptors (Lipinski definition) is 2. The van der Waals surface area contributed by atoms with E-state index in [-0.39, 0.29) is 18.1 Å². The summed E-state index contributed by atoms with van der Waals surface area (Å²) < 4.78 is 6.57. The van der Waals surface area contributed by atoms with Crippen LogP contribution in [0.4, 0.5) is 0 Å². The van der Waals surface area contributed by atoms with Crippen LogP contribution < -0.4 is 5.32 Å². The van der Waals surface area contributed by atoms with Gasteiger partial charge in [-0.1, -0.05) is 27.5 Å². The van der Waals surface area contributed by atoms with E-state index in [0.717, 1.165) is 17.5 Å². The van der Waals surface area contributed by atoms with Crippen LogP contribution in [0.2, 0.25) is 5.02 Å². The Morgan fingerprint density at radius 3 is 2.89 bits per heavy atom. The molecule has 1 aliphatic heterocycles. The van der Waals surface area contributed by atoms with Crippen molar-refractivity contribution in [2.45, 2.75) is 31.4 Å². The highest BCUT2D eigenvalue weighted by atomic mass is 79.9. The molecule has 1 saturated carbocycles. The first kappa shape index (κ1) is 13.4. The van der Waals surface area contributed by atoms with Crippen LogP contribution in [0, 0.1) is 5.92 Å². The van der Waals surface area contributed by atoms with Gasteiger partial charge in [-0.05, 0) is 43.4 Å². The lowest BCUT2D eigenvalue weighted by Crippen LogP contribution is -2.41. The number of carbonyl (C=O) groups excluding carboxylic acids is 1. The van der Waals surface area contributed by atoms with Crippen molar-refractivity contribution in [3.05, 3.63) is 33.3 Å². The average Bonchev–Trinajstić information content (AvgIpc) is 3.13. The Hall–Kier alpha value is -0.580. The second kappa shape index (κ2) is 5.43. The third-order valence-corrected chi connectivity index (χ3v) is 4.53. The number of hydrogen-bond donors (Lipinski definition) is 1. The van der Waals surface area contributed by atoms with Crippen molar-refractivity contribution >= 4 is 33.4 Å². The zero-order chi connectivity index (χ0) is 13.4. The number of halogens is 2. The molecular weight excluding hydrogens is 330 g/mol. The predicted molar refractivity (Wildman–Crippen MR) is 77.5 cm³/mol. The Morgan fingerprint density at radius 1 is 1.37 bits per heavy atom. The van der Waals surface area contributed by atoms with Crippen LogP contribution in [0.3, 0.4) is 0 Å². The van der Waals surface area contributed by atoms with Crippen LogP contribution in [0.1, 0.15) is 29.6 Å². The molecule has 2 atom stereocenters. The molecule has 1 aromatic carbocycles. The standard InChI is InChI=1S/C14H15BrClNO2/c15-9-3-4-11(16)10(7-9)14(18)17-12-5-6-19-13(12)8-1-2-8/h3-4,7-8,12-13H,1-2,5-6H2,(H,17,18). The highest BCUT2D eigenvalue weighted by Gasteiger charge is 2.41. The van der Waals surface area contributed by atoms with Crippen molar-refractivity contribution in [1.82, 2.24) is 5.32 Å². The molecule has 2 aliphatic rings. The fourth-order valence-corrected chi connectivity index (χ4v) is 3.14. The van der Waals surface area contributed by atoms with Crippen molar-refractivity contribution in [1.29, 1.82) is 0 Å². The van der Waals surface area contributed by atoms with Gasteiger partial charge in [0.05, 0.1) is 22.7 Å². The van der Waals surface area contributed by atoms with E-state index in [9.17, 15) is 4.79 Å². The normalized spacial score (nSPS) is 26.4. The summed E-state index contributed by atoms with van der Waals surface area (Å²) in [4.78, 5) is 12.3. The Kier molecular flexibility index (Phi) is 3.83. The monoisotopic (exact) mass is 343 g/mol. The topological polar surface area (TPSA) is 38.3 Å². The van der Waals surface area contributed by atoms with E-state index in [1.807, 2.05) is 6.07 Å². The fraction of sp³-hybridized carbons (Fsp3) is 0.500. The van der Waals surface area contributed by atoms with Crippen LogP contribution in [0.5, 0.6) is 0 Å². The lowest BCUT2D eigenvalue weighted by Gasteiger charge is -2.19. The first-order valence-electron chi connectivity index (χ1n) is 6.52. The first-order valence-corrected chi connectivity index (χ1v) is 7.70. The molecule has 1 amide bonds. The molecule has 0 aromatic heterocycles. The summed E-state index contributed by atoms with van der Waals surface area (Å²) in [6, 6.07) is 5.42. The molecule has 3 rings (SSSR count). The molecule has 1 N–H and O–H groups in total. The molecule has 1 aromatic rings. The van der Waals surface area contributed by atoms with Crippen LogP contribution in [0.15, 0.2) is 22.7 Å². The lowest BCUT2D eigenvalue weighted by atomic mass is 10.1. The molecule has 2 unspecified atom stereocenters. The zero-order valence-electron chi connectivity index (χ0n) is 10.4. The second-order valence-electron chi connectivity index (χ2n) is 5.17. The quantitative estimate of drug-likeness (QED) is 0.912. The Labute approximate surface area is 125 Å². The molecular formula is C14H15BrClNO2. The van der Waals surface area contributed by atoms with Gasteiger partial charge in [0.1, 0.15) is 0 Å². The highest BCUT2D eigenvalue weighted by Crippen LogP contribution is 2.38. The predicted octanol–water partition coefficient (Wildman–Crippen LogP) is 3.40. The van der Waals surface area contributed by atoms with E-state index in [4.69, 9.17) is 16.3 Å². The number of benzene rings is 1. The maximum atomic E-state index is 12.3. The Morgan fingerprint density at radius 2 is 2.16 bits per heavy atom. The Balaban J connectivity index is 1.72. The van der Waals surface area contributed by atoms with Gasteiger partial charge >= 0.3 is 0 Å². The van der Waals surface area contributed by atoms with Crippen LogP contribution in [-0.2, 0) is 4.74 Å². The molecule has 102 valence electrons. The lowest BCUT2D eigenvalue weighted by molar-refractivity contribution is 0.0729. The molecule has 1 saturated heterocycles. The molecule has 1 aliphatic carbocycles. The molecule has 19 heavy (non-hydrogen) atoms. The minimum absolute atomic E-state index is 0.118. The highest BCUT2D eigenvalue weighted by molar-refractivity contribution is 9.10. The summed E-state index contributed by atoms with van der Waals surface area (Å²) in [5.41, 5.74) is 0.512. The molecule has 2 fully saturated rings. The fourth-order valence-electron chi connectivity index (χ4n) is 2.57. The van der Waals surface area contributed by atoms with E-state index < -0.39 is 0 Å². The number of nitrogens with one attached hydrogen (secondary N) is 1. The van der Waals surface area contributed by atoms with Gasteiger partial charge in [0.25, 0.3) is 5.91 Å². The second-order valence-corrected chi connectivity index (χ2v) is 6.49. The van der Waals surface area contributed by atoms with Gasteiger partial charge < -0.3 is 10.1 Å². The van der Waals surface area contributed by atoms with Gasteiger partial charge in [-0.3, -0.25) is 4.79 Å². The minimum Gasteiger partial charge on any atom is -0.376 e. The number of ether oxygens (including phenoxy) is 1. The van der Waals surface area contributed by atoms with Crippen molar-refractivity contribution in [3.63, 3.8) is 0 Å². The molecule has 0 bridgehead atoms. The third-order valence-electron chi connectivity index (χ3n) is 3.71. The van der Waals surface area contributed by atoms with E-state index in [1.54, 1.807) is 12.1 Å². The maximum Gasteiger partial charge on any atom is 0.253 e. The van der Waals surface area contributed by atoms with Crippen LogP contribution in [0.25, 0.3) is 0 Å². The molecule has 0 spiro atoms. The maximum absolute atomic E-state index is 12.3. The molecule has 3 nitrogen and oxygen atoms in total. The van der Waals surface area contributed by atoms with Gasteiger partial charge in [0, 0.05) is 11.1 Å². The SMILES string of the molecule is O=C(NC1CCOC1C1CC1)c1cc(Br)ccc1Cl. The van der Waals surface area contributed by atoms with Gasteiger partial charge in [-0.25, -0.2) is 0 Å². The largest absolute Gasteiger partial charge is 0.376 e. The smallest absolute Gasteiger partial charge is 0.253 e. The van der Waals surface area contributed by atoms with E-state index in [1.165, 1.54) is 12.8 Å². The van der Waals surface area contributed by atoms with Crippen LogP contribution >= 0.6 is 27.5 Å². The van der Waals surface area contributed by atoms with Gasteiger partial charge in [-0.2, -0.15) is 0 Å². The van der Waals surface area contributed by atoms with E-state index in [0.29, 0.717) is 16.5 Å². The van der Waals surface area contributed by atoms with Crippen molar-refractivity contribution < 1.29 is 9.53 Å². The van der Waals surface area contributed by atoms with E-state index in [2.05, 4.69) is 21.2 Å². The summed E-state index contributed by atoms with van der Waals surface area (Å²) in [6.45, 7) is 0.734. The summed E-state index contributed by atoms with van der Waals surface area (Å²) in [6.07, 6.45) is 3.51. The van der Waals surface area contributed by atoms with Gasteiger partial charge in [0.2, 0.25) is 0 Å². The van der Waals surface area contributed by atoms with E-state index >= 15 is 0 Å². The molecule has 0 radical (unpaired) electrons. The zero-order valence-corrected chi connectivity index (χ0v) is 12.7. The van der Waals surface area contributed by atoms with Gasteiger partial charge in [0.15, 0.2) is 0 Å². The summed E-state index contributed by atoms with van der Waals surface area (Å²) >= 11 is 9.43. The van der Waals surface area contributed by atoms with Crippen LogP contribution in [-0.4, -0.2) is 24.7 Å². The first-order chi connectivity index (χ1) is 9.15.